The second-order valence-electron chi connectivity index (χ2n) is 6.82. The molecule has 0 unspecified atom stereocenters. The Hall–Kier alpha value is -2.86. The van der Waals surface area contributed by atoms with Gasteiger partial charge in [0.15, 0.2) is 0 Å². The first-order chi connectivity index (χ1) is 13.1. The van der Waals surface area contributed by atoms with Crippen LogP contribution < -0.4 is 10.1 Å². The molecule has 0 bridgehead atoms. The Kier molecular flexibility index (Phi) is 4.58. The van der Waals surface area contributed by atoms with Crippen molar-refractivity contribution in [1.29, 1.82) is 0 Å². The molecule has 3 aromatic rings. The summed E-state index contributed by atoms with van der Waals surface area (Å²) in [6.07, 6.45) is 0. The number of carbonyl (C=O) groups excluding carboxylic acids is 1. The van der Waals surface area contributed by atoms with E-state index in [2.05, 4.69) is 10.2 Å². The van der Waals surface area contributed by atoms with Crippen LogP contribution in [0.1, 0.15) is 18.4 Å². The molecular weight excluding hydrogens is 342 g/mol. The van der Waals surface area contributed by atoms with Crippen LogP contribution in [0.3, 0.4) is 0 Å². The molecule has 1 N–H and O–H groups in total. The summed E-state index contributed by atoms with van der Waals surface area (Å²) in [5, 5.41) is 4.95. The third-order valence-electron chi connectivity index (χ3n) is 5.21. The molecule has 140 valence electrons. The summed E-state index contributed by atoms with van der Waals surface area (Å²) in [6, 6.07) is 11.8. The molecule has 1 fully saturated rings. The summed E-state index contributed by atoms with van der Waals surface area (Å²) in [5.74, 6) is 2.26. The fourth-order valence-electron chi connectivity index (χ4n) is 3.56. The van der Waals surface area contributed by atoms with Crippen LogP contribution >= 0.6 is 0 Å². The number of amides is 1. The quantitative estimate of drug-likeness (QED) is 0.769. The molecule has 1 amide bonds. The van der Waals surface area contributed by atoms with Crippen molar-refractivity contribution in [3.05, 3.63) is 47.9 Å². The number of oxazole rings is 1. The van der Waals surface area contributed by atoms with E-state index in [1.807, 2.05) is 50.2 Å². The molecule has 1 aromatic heterocycles. The van der Waals surface area contributed by atoms with Crippen LogP contribution in [-0.2, 0) is 11.3 Å². The highest BCUT2D eigenvalue weighted by Gasteiger charge is 2.27. The van der Waals surface area contributed by atoms with Gasteiger partial charge in [-0.3, -0.25) is 9.69 Å². The number of nitrogens with zero attached hydrogens (tertiary/aromatic N) is 2. The van der Waals surface area contributed by atoms with Gasteiger partial charge >= 0.3 is 0 Å². The second-order valence-corrected chi connectivity index (χ2v) is 6.82. The molecule has 1 atom stereocenters. The van der Waals surface area contributed by atoms with Gasteiger partial charge in [0.1, 0.15) is 11.5 Å². The molecule has 1 aliphatic rings. The number of benzene rings is 2. The van der Waals surface area contributed by atoms with Gasteiger partial charge in [0.25, 0.3) is 0 Å². The molecule has 2 aromatic carbocycles. The highest BCUT2D eigenvalue weighted by molar-refractivity contribution is 5.98. The number of piperazine rings is 1. The molecule has 27 heavy (non-hydrogen) atoms. The molecule has 0 saturated carbocycles. The third kappa shape index (κ3) is 3.17. The molecular formula is C21H23N3O3. The number of nitrogens with one attached hydrogen (secondary N) is 1. The Morgan fingerprint density at radius 3 is 2.81 bits per heavy atom. The smallest absolute Gasteiger partial charge is 0.237 e. The van der Waals surface area contributed by atoms with E-state index in [-0.39, 0.29) is 11.9 Å². The van der Waals surface area contributed by atoms with E-state index >= 15 is 0 Å². The highest BCUT2D eigenvalue weighted by Crippen LogP contribution is 2.34. The van der Waals surface area contributed by atoms with Gasteiger partial charge < -0.3 is 14.5 Å². The number of aromatic nitrogens is 1. The van der Waals surface area contributed by atoms with Crippen molar-refractivity contribution in [3.8, 4) is 17.2 Å². The van der Waals surface area contributed by atoms with Gasteiger partial charge in [-0.2, -0.15) is 0 Å². The number of hydrogen-bond donors (Lipinski definition) is 1. The van der Waals surface area contributed by atoms with Crippen molar-refractivity contribution < 1.29 is 13.9 Å². The van der Waals surface area contributed by atoms with Gasteiger partial charge in [-0.05, 0) is 31.4 Å². The molecule has 6 nitrogen and oxygen atoms in total. The molecule has 0 spiro atoms. The normalized spacial score (nSPS) is 17.9. The summed E-state index contributed by atoms with van der Waals surface area (Å²) >= 11 is 0. The zero-order chi connectivity index (χ0) is 19.0. The fourth-order valence-corrected chi connectivity index (χ4v) is 3.56. The zero-order valence-corrected chi connectivity index (χ0v) is 15.8. The van der Waals surface area contributed by atoms with E-state index in [0.717, 1.165) is 40.1 Å². The van der Waals surface area contributed by atoms with Gasteiger partial charge in [0, 0.05) is 30.6 Å². The lowest BCUT2D eigenvalue weighted by Gasteiger charge is -2.32. The summed E-state index contributed by atoms with van der Waals surface area (Å²) < 4.78 is 11.5. The van der Waals surface area contributed by atoms with Gasteiger partial charge in [0.05, 0.1) is 18.8 Å². The van der Waals surface area contributed by atoms with Crippen molar-refractivity contribution in [3.63, 3.8) is 0 Å². The van der Waals surface area contributed by atoms with Crippen LogP contribution in [0.4, 0.5) is 0 Å². The predicted molar refractivity (Wildman–Crippen MR) is 104 cm³/mol. The average molecular weight is 365 g/mol. The van der Waals surface area contributed by atoms with Crippen LogP contribution in [0.25, 0.3) is 22.2 Å². The molecule has 2 heterocycles. The Balaban J connectivity index is 1.70. The van der Waals surface area contributed by atoms with Crippen LogP contribution in [0, 0.1) is 6.92 Å². The molecule has 0 aliphatic carbocycles. The number of fused-ring (bicyclic) bond motifs is 1. The Bertz CT molecular complexity index is 996. The third-order valence-corrected chi connectivity index (χ3v) is 5.21. The van der Waals surface area contributed by atoms with Gasteiger partial charge in [-0.25, -0.2) is 4.98 Å². The minimum Gasteiger partial charge on any atom is -0.496 e. The lowest BCUT2D eigenvalue weighted by molar-refractivity contribution is -0.128. The van der Waals surface area contributed by atoms with Gasteiger partial charge in [0.2, 0.25) is 11.8 Å². The van der Waals surface area contributed by atoms with Crippen molar-refractivity contribution in [2.45, 2.75) is 26.4 Å². The average Bonchev–Trinajstić information content (AvgIpc) is 3.04. The fraction of sp³-hybridized carbons (Fsp3) is 0.333. The first-order valence-electron chi connectivity index (χ1n) is 9.12. The van der Waals surface area contributed by atoms with Crippen molar-refractivity contribution in [2.75, 3.05) is 20.2 Å². The molecule has 1 aliphatic heterocycles. The van der Waals surface area contributed by atoms with Crippen LogP contribution in [0.5, 0.6) is 5.75 Å². The van der Waals surface area contributed by atoms with Crippen molar-refractivity contribution in [1.82, 2.24) is 15.2 Å². The molecule has 1 saturated heterocycles. The molecule has 6 heteroatoms. The second kappa shape index (κ2) is 7.04. The standard InChI is InChI=1S/C21H23N3O3/c1-13-20(25)22-10-11-24(13)12-18-14(2)27-21(23-18)17-8-9-19(26-3)16-7-5-4-6-15(16)17/h4-9,13H,10-12H2,1-3H3,(H,22,25)/t13-/m0/s1. The zero-order valence-electron chi connectivity index (χ0n) is 15.8. The lowest BCUT2D eigenvalue weighted by atomic mass is 10.0. The maximum Gasteiger partial charge on any atom is 0.237 e. The first kappa shape index (κ1) is 17.5. The minimum atomic E-state index is -0.167. The summed E-state index contributed by atoms with van der Waals surface area (Å²) in [5.41, 5.74) is 1.80. The van der Waals surface area contributed by atoms with E-state index in [9.17, 15) is 4.79 Å². The Morgan fingerprint density at radius 1 is 1.26 bits per heavy atom. The number of methoxy groups -OCH3 is 1. The summed E-state index contributed by atoms with van der Waals surface area (Å²) in [7, 11) is 1.67. The van der Waals surface area contributed by atoms with E-state index in [4.69, 9.17) is 14.1 Å². The molecule has 0 radical (unpaired) electrons. The topological polar surface area (TPSA) is 67.6 Å². The number of carbonyl (C=O) groups is 1. The number of hydrogen-bond acceptors (Lipinski definition) is 5. The van der Waals surface area contributed by atoms with Crippen LogP contribution in [0.15, 0.2) is 40.8 Å². The van der Waals surface area contributed by atoms with Gasteiger partial charge in [-0.1, -0.05) is 24.3 Å². The Labute approximate surface area is 158 Å². The minimum absolute atomic E-state index is 0.0590. The van der Waals surface area contributed by atoms with E-state index in [1.54, 1.807) is 7.11 Å². The highest BCUT2D eigenvalue weighted by atomic mass is 16.5. The number of ether oxygens (including phenoxy) is 1. The first-order valence-corrected chi connectivity index (χ1v) is 9.12. The summed E-state index contributed by atoms with van der Waals surface area (Å²) in [6.45, 7) is 5.90. The lowest BCUT2D eigenvalue weighted by Crippen LogP contribution is -2.53. The number of rotatable bonds is 4. The summed E-state index contributed by atoms with van der Waals surface area (Å²) in [4.78, 5) is 18.8. The van der Waals surface area contributed by atoms with E-state index in [0.29, 0.717) is 19.0 Å². The SMILES string of the molecule is COc1ccc(-c2nc(CN3CCNC(=O)[C@@H]3C)c(C)o2)c2ccccc12. The Morgan fingerprint density at radius 2 is 2.04 bits per heavy atom. The van der Waals surface area contributed by atoms with E-state index < -0.39 is 0 Å². The largest absolute Gasteiger partial charge is 0.496 e. The molecule has 4 rings (SSSR count). The van der Waals surface area contributed by atoms with Gasteiger partial charge in [-0.15, -0.1) is 0 Å². The van der Waals surface area contributed by atoms with Crippen molar-refractivity contribution >= 4 is 16.7 Å². The van der Waals surface area contributed by atoms with E-state index in [1.165, 1.54) is 0 Å². The van der Waals surface area contributed by atoms with Crippen LogP contribution in [0.2, 0.25) is 0 Å². The number of aryl methyl sites for hydroxylation is 1. The van der Waals surface area contributed by atoms with Crippen LogP contribution in [-0.4, -0.2) is 42.0 Å². The predicted octanol–water partition coefficient (Wildman–Crippen LogP) is 3.13. The maximum absolute atomic E-state index is 11.9. The monoisotopic (exact) mass is 365 g/mol. The van der Waals surface area contributed by atoms with Crippen molar-refractivity contribution in [2.24, 2.45) is 0 Å². The maximum atomic E-state index is 11.9.